The van der Waals surface area contributed by atoms with Gasteiger partial charge in [0, 0.05) is 6.04 Å². The molecule has 1 atom stereocenters. The van der Waals surface area contributed by atoms with E-state index in [0.717, 1.165) is 25.8 Å². The number of nitrogens with one attached hydrogen (secondary N) is 1. The van der Waals surface area contributed by atoms with E-state index in [9.17, 15) is 0 Å². The van der Waals surface area contributed by atoms with Gasteiger partial charge in [-0.15, -0.1) is 5.10 Å². The van der Waals surface area contributed by atoms with Crippen LogP contribution in [0.25, 0.3) is 0 Å². The summed E-state index contributed by atoms with van der Waals surface area (Å²) in [5, 5.41) is 7.51. The molecular formula is C14H19N3S. The normalized spacial score (nSPS) is 12.5. The van der Waals surface area contributed by atoms with Crippen LogP contribution >= 0.6 is 11.5 Å². The Labute approximate surface area is 112 Å². The standard InChI is InChI=1S/C14H19N3S/c1-2-10-15-13(14-11-16-17-18-14)9-8-12-6-4-3-5-7-12/h3-7,11,13,15H,2,8-10H2,1H3. The molecule has 0 aliphatic heterocycles. The molecule has 96 valence electrons. The summed E-state index contributed by atoms with van der Waals surface area (Å²) in [6.45, 7) is 3.23. The molecule has 0 saturated heterocycles. The van der Waals surface area contributed by atoms with E-state index in [2.05, 4.69) is 52.2 Å². The molecular weight excluding hydrogens is 242 g/mol. The molecule has 2 aromatic rings. The predicted molar refractivity (Wildman–Crippen MR) is 75.7 cm³/mol. The summed E-state index contributed by atoms with van der Waals surface area (Å²) in [6.07, 6.45) is 5.20. The first kappa shape index (κ1) is 13.2. The third-order valence-corrected chi connectivity index (χ3v) is 3.70. The number of rotatable bonds is 7. The van der Waals surface area contributed by atoms with Crippen LogP contribution in [-0.4, -0.2) is 16.1 Å². The number of aryl methyl sites for hydroxylation is 1. The van der Waals surface area contributed by atoms with Crippen LogP contribution in [0.4, 0.5) is 0 Å². The van der Waals surface area contributed by atoms with E-state index in [-0.39, 0.29) is 0 Å². The van der Waals surface area contributed by atoms with Crippen LogP contribution in [0.15, 0.2) is 36.5 Å². The van der Waals surface area contributed by atoms with Gasteiger partial charge in [0.15, 0.2) is 0 Å². The Hall–Kier alpha value is -1.26. The number of hydrogen-bond donors (Lipinski definition) is 1. The Morgan fingerprint density at radius 3 is 2.78 bits per heavy atom. The van der Waals surface area contributed by atoms with Crippen LogP contribution in [0.5, 0.6) is 0 Å². The topological polar surface area (TPSA) is 37.8 Å². The summed E-state index contributed by atoms with van der Waals surface area (Å²) in [5.74, 6) is 0. The summed E-state index contributed by atoms with van der Waals surface area (Å²) < 4.78 is 3.96. The fourth-order valence-corrected chi connectivity index (χ4v) is 2.56. The monoisotopic (exact) mass is 261 g/mol. The van der Waals surface area contributed by atoms with Crippen LogP contribution in [0.2, 0.25) is 0 Å². The van der Waals surface area contributed by atoms with Crippen LogP contribution in [0.3, 0.4) is 0 Å². The molecule has 1 unspecified atom stereocenters. The second kappa shape index (κ2) is 7.24. The first-order valence-corrected chi connectivity index (χ1v) is 7.22. The molecule has 4 heteroatoms. The second-order valence-corrected chi connectivity index (χ2v) is 5.17. The van der Waals surface area contributed by atoms with Gasteiger partial charge in [0.2, 0.25) is 0 Å². The van der Waals surface area contributed by atoms with Crippen LogP contribution in [0.1, 0.15) is 36.2 Å². The van der Waals surface area contributed by atoms with Crippen LogP contribution in [-0.2, 0) is 6.42 Å². The summed E-state index contributed by atoms with van der Waals surface area (Å²) in [7, 11) is 0. The quantitative estimate of drug-likeness (QED) is 0.831. The van der Waals surface area contributed by atoms with E-state index in [1.165, 1.54) is 22.0 Å². The lowest BCUT2D eigenvalue weighted by molar-refractivity contribution is 0.505. The second-order valence-electron chi connectivity index (χ2n) is 4.35. The third kappa shape index (κ3) is 3.89. The van der Waals surface area contributed by atoms with Crippen molar-refractivity contribution >= 4 is 11.5 Å². The molecule has 3 nitrogen and oxygen atoms in total. The first-order valence-electron chi connectivity index (χ1n) is 6.44. The van der Waals surface area contributed by atoms with Gasteiger partial charge in [-0.2, -0.15) is 0 Å². The summed E-state index contributed by atoms with van der Waals surface area (Å²) in [6, 6.07) is 11.0. The summed E-state index contributed by atoms with van der Waals surface area (Å²) in [4.78, 5) is 1.24. The van der Waals surface area contributed by atoms with Gasteiger partial charge in [-0.1, -0.05) is 41.7 Å². The zero-order chi connectivity index (χ0) is 12.6. The maximum absolute atomic E-state index is 3.96. The van der Waals surface area contributed by atoms with Crippen molar-refractivity contribution in [3.63, 3.8) is 0 Å². The van der Waals surface area contributed by atoms with Crippen molar-refractivity contribution < 1.29 is 0 Å². The third-order valence-electron chi connectivity index (χ3n) is 2.93. The fraction of sp³-hybridized carbons (Fsp3) is 0.429. The number of benzene rings is 1. The Kier molecular flexibility index (Phi) is 5.30. The Morgan fingerprint density at radius 2 is 2.11 bits per heavy atom. The fourth-order valence-electron chi connectivity index (χ4n) is 1.95. The largest absolute Gasteiger partial charge is 0.309 e. The zero-order valence-electron chi connectivity index (χ0n) is 10.7. The molecule has 0 fully saturated rings. The number of nitrogens with zero attached hydrogens (tertiary/aromatic N) is 2. The maximum Gasteiger partial charge on any atom is 0.0669 e. The molecule has 2 rings (SSSR count). The molecule has 1 aromatic heterocycles. The van der Waals surface area contributed by atoms with Crippen LogP contribution < -0.4 is 5.32 Å². The van der Waals surface area contributed by atoms with E-state index in [0.29, 0.717) is 6.04 Å². The highest BCUT2D eigenvalue weighted by molar-refractivity contribution is 7.05. The highest BCUT2D eigenvalue weighted by atomic mass is 32.1. The van der Waals surface area contributed by atoms with Gasteiger partial charge in [0.05, 0.1) is 11.1 Å². The van der Waals surface area contributed by atoms with E-state index < -0.39 is 0 Å². The van der Waals surface area contributed by atoms with E-state index in [1.54, 1.807) is 0 Å². The Morgan fingerprint density at radius 1 is 1.28 bits per heavy atom. The summed E-state index contributed by atoms with van der Waals surface area (Å²) in [5.41, 5.74) is 1.39. The van der Waals surface area contributed by atoms with Crippen LogP contribution in [0, 0.1) is 0 Å². The van der Waals surface area contributed by atoms with E-state index in [4.69, 9.17) is 0 Å². The zero-order valence-corrected chi connectivity index (χ0v) is 11.5. The van der Waals surface area contributed by atoms with E-state index >= 15 is 0 Å². The Balaban J connectivity index is 1.93. The lowest BCUT2D eigenvalue weighted by Crippen LogP contribution is -2.21. The lowest BCUT2D eigenvalue weighted by Gasteiger charge is -2.16. The lowest BCUT2D eigenvalue weighted by atomic mass is 10.0. The molecule has 1 heterocycles. The SMILES string of the molecule is CCCNC(CCc1ccccc1)c1cnns1. The molecule has 0 aliphatic rings. The molecule has 0 bridgehead atoms. The first-order chi connectivity index (χ1) is 8.90. The van der Waals surface area contributed by atoms with Crippen molar-refractivity contribution in [3.05, 3.63) is 47.0 Å². The van der Waals surface area contributed by atoms with Crippen molar-refractivity contribution in [2.24, 2.45) is 0 Å². The highest BCUT2D eigenvalue weighted by Crippen LogP contribution is 2.21. The van der Waals surface area contributed by atoms with Crippen molar-refractivity contribution in [3.8, 4) is 0 Å². The van der Waals surface area contributed by atoms with Gasteiger partial charge >= 0.3 is 0 Å². The molecule has 0 aliphatic carbocycles. The van der Waals surface area contributed by atoms with Crippen molar-refractivity contribution in [2.45, 2.75) is 32.2 Å². The number of aromatic nitrogens is 2. The summed E-state index contributed by atoms with van der Waals surface area (Å²) >= 11 is 1.49. The minimum atomic E-state index is 0.380. The predicted octanol–water partition coefficient (Wildman–Crippen LogP) is 3.21. The minimum absolute atomic E-state index is 0.380. The highest BCUT2D eigenvalue weighted by Gasteiger charge is 2.12. The Bertz CT molecular complexity index is 428. The van der Waals surface area contributed by atoms with Gasteiger partial charge in [0.1, 0.15) is 0 Å². The van der Waals surface area contributed by atoms with Gasteiger partial charge in [0.25, 0.3) is 0 Å². The number of hydrogen-bond acceptors (Lipinski definition) is 4. The van der Waals surface area contributed by atoms with Gasteiger partial charge in [-0.25, -0.2) is 0 Å². The average molecular weight is 261 g/mol. The van der Waals surface area contributed by atoms with Gasteiger partial charge in [-0.3, -0.25) is 0 Å². The molecule has 1 aromatic carbocycles. The van der Waals surface area contributed by atoms with Gasteiger partial charge < -0.3 is 5.32 Å². The molecule has 18 heavy (non-hydrogen) atoms. The molecule has 0 radical (unpaired) electrons. The smallest absolute Gasteiger partial charge is 0.0669 e. The molecule has 0 amide bonds. The van der Waals surface area contributed by atoms with E-state index in [1.807, 2.05) is 6.20 Å². The maximum atomic E-state index is 3.96. The molecule has 1 N–H and O–H groups in total. The van der Waals surface area contributed by atoms with Crippen molar-refractivity contribution in [2.75, 3.05) is 6.54 Å². The minimum Gasteiger partial charge on any atom is -0.309 e. The van der Waals surface area contributed by atoms with Gasteiger partial charge in [-0.05, 0) is 42.9 Å². The van der Waals surface area contributed by atoms with Crippen molar-refractivity contribution in [1.29, 1.82) is 0 Å². The molecule has 0 spiro atoms. The van der Waals surface area contributed by atoms with Crippen molar-refractivity contribution in [1.82, 2.24) is 14.9 Å². The average Bonchev–Trinajstić information content (AvgIpc) is 2.94. The molecule has 0 saturated carbocycles.